The SMILES string of the molecule is O=C1C=C2C(=Cc3ccccc32)O1. The molecule has 0 aromatic heterocycles. The average molecular weight is 170 g/mol. The van der Waals surface area contributed by atoms with Crippen molar-refractivity contribution in [2.75, 3.05) is 0 Å². The molecule has 0 amide bonds. The Hall–Kier alpha value is -1.83. The Balaban J connectivity index is 2.28. The number of rotatable bonds is 0. The van der Waals surface area contributed by atoms with E-state index in [9.17, 15) is 4.79 Å². The molecule has 2 nitrogen and oxygen atoms in total. The second-order valence-electron chi connectivity index (χ2n) is 3.07. The van der Waals surface area contributed by atoms with Crippen molar-refractivity contribution >= 4 is 17.6 Å². The van der Waals surface area contributed by atoms with Crippen molar-refractivity contribution in [3.63, 3.8) is 0 Å². The van der Waals surface area contributed by atoms with E-state index in [2.05, 4.69) is 0 Å². The zero-order valence-corrected chi connectivity index (χ0v) is 6.78. The molecule has 62 valence electrons. The van der Waals surface area contributed by atoms with Gasteiger partial charge in [0.15, 0.2) is 0 Å². The highest BCUT2D eigenvalue weighted by molar-refractivity contribution is 6.07. The summed E-state index contributed by atoms with van der Waals surface area (Å²) in [6.07, 6.45) is 3.43. The van der Waals surface area contributed by atoms with Gasteiger partial charge in [0.2, 0.25) is 0 Å². The molecular formula is C11H6O2. The van der Waals surface area contributed by atoms with E-state index in [1.807, 2.05) is 30.3 Å². The number of hydrogen-bond donors (Lipinski definition) is 0. The molecule has 1 aliphatic carbocycles. The Morgan fingerprint density at radius 3 is 2.85 bits per heavy atom. The van der Waals surface area contributed by atoms with Gasteiger partial charge in [0, 0.05) is 11.6 Å². The molecule has 1 aromatic carbocycles. The number of esters is 1. The second kappa shape index (κ2) is 2.10. The molecule has 0 spiro atoms. The molecule has 13 heavy (non-hydrogen) atoms. The van der Waals surface area contributed by atoms with Gasteiger partial charge in [0.25, 0.3) is 0 Å². The maximum atomic E-state index is 10.9. The lowest BCUT2D eigenvalue weighted by Gasteiger charge is -1.96. The zero-order valence-electron chi connectivity index (χ0n) is 6.78. The lowest BCUT2D eigenvalue weighted by Crippen LogP contribution is -1.88. The number of fused-ring (bicyclic) bond motifs is 3. The van der Waals surface area contributed by atoms with Gasteiger partial charge in [-0.1, -0.05) is 24.3 Å². The predicted octanol–water partition coefficient (Wildman–Crippen LogP) is 1.98. The van der Waals surface area contributed by atoms with Crippen LogP contribution in [0.2, 0.25) is 0 Å². The molecule has 0 atom stereocenters. The van der Waals surface area contributed by atoms with Crippen LogP contribution in [0.1, 0.15) is 11.1 Å². The van der Waals surface area contributed by atoms with Gasteiger partial charge in [-0.3, -0.25) is 0 Å². The number of carbonyl (C=O) groups is 1. The summed E-state index contributed by atoms with van der Waals surface area (Å²) in [5.74, 6) is 0.418. The van der Waals surface area contributed by atoms with E-state index in [0.717, 1.165) is 16.7 Å². The molecule has 0 fully saturated rings. The quantitative estimate of drug-likeness (QED) is 0.556. The molecule has 0 radical (unpaired) electrons. The van der Waals surface area contributed by atoms with Crippen molar-refractivity contribution in [1.29, 1.82) is 0 Å². The minimum absolute atomic E-state index is 0.268. The highest BCUT2D eigenvalue weighted by atomic mass is 16.5. The third-order valence-corrected chi connectivity index (χ3v) is 2.28. The van der Waals surface area contributed by atoms with Crippen LogP contribution in [0.5, 0.6) is 0 Å². The van der Waals surface area contributed by atoms with E-state index in [-0.39, 0.29) is 5.97 Å². The Morgan fingerprint density at radius 1 is 1.08 bits per heavy atom. The summed E-state index contributed by atoms with van der Waals surface area (Å²) < 4.78 is 5.00. The summed E-state index contributed by atoms with van der Waals surface area (Å²) in [5, 5.41) is 0. The van der Waals surface area contributed by atoms with Gasteiger partial charge in [-0.05, 0) is 17.2 Å². The van der Waals surface area contributed by atoms with E-state index in [1.54, 1.807) is 0 Å². The summed E-state index contributed by atoms with van der Waals surface area (Å²) in [7, 11) is 0. The fourth-order valence-corrected chi connectivity index (χ4v) is 1.71. The van der Waals surface area contributed by atoms with Crippen LogP contribution in [0.4, 0.5) is 0 Å². The Labute approximate surface area is 75.1 Å². The largest absolute Gasteiger partial charge is 0.423 e. The maximum absolute atomic E-state index is 10.9. The lowest BCUT2D eigenvalue weighted by atomic mass is 10.1. The molecule has 0 N–H and O–H groups in total. The average Bonchev–Trinajstić information content (AvgIpc) is 2.60. The number of hydrogen-bond acceptors (Lipinski definition) is 2. The molecule has 0 unspecified atom stereocenters. The highest BCUT2D eigenvalue weighted by Crippen LogP contribution is 2.38. The topological polar surface area (TPSA) is 26.3 Å². The van der Waals surface area contributed by atoms with E-state index < -0.39 is 0 Å². The standard InChI is InChI=1S/C11H6O2/c12-11-6-9-8-4-2-1-3-7(8)5-10(9)13-11/h1-6H. The number of allylic oxidation sites excluding steroid dienone is 1. The molecule has 3 rings (SSSR count). The van der Waals surface area contributed by atoms with E-state index >= 15 is 0 Å². The van der Waals surface area contributed by atoms with E-state index in [1.165, 1.54) is 6.08 Å². The smallest absolute Gasteiger partial charge is 0.336 e. The highest BCUT2D eigenvalue weighted by Gasteiger charge is 2.27. The van der Waals surface area contributed by atoms with Crippen LogP contribution in [0.3, 0.4) is 0 Å². The molecule has 2 aliphatic rings. The Bertz CT molecular complexity index is 467. The van der Waals surface area contributed by atoms with Crippen molar-refractivity contribution < 1.29 is 9.53 Å². The second-order valence-corrected chi connectivity index (χ2v) is 3.07. The first kappa shape index (κ1) is 6.66. The van der Waals surface area contributed by atoms with Gasteiger partial charge in [-0.15, -0.1) is 0 Å². The Morgan fingerprint density at radius 2 is 1.92 bits per heavy atom. The zero-order chi connectivity index (χ0) is 8.84. The van der Waals surface area contributed by atoms with E-state index in [4.69, 9.17) is 4.74 Å². The van der Waals surface area contributed by atoms with Crippen LogP contribution in [0.25, 0.3) is 11.6 Å². The predicted molar refractivity (Wildman–Crippen MR) is 48.5 cm³/mol. The first-order valence-corrected chi connectivity index (χ1v) is 4.09. The number of benzene rings is 1. The lowest BCUT2D eigenvalue weighted by molar-refractivity contribution is -0.132. The minimum Gasteiger partial charge on any atom is -0.423 e. The van der Waals surface area contributed by atoms with Gasteiger partial charge in [-0.2, -0.15) is 0 Å². The molecule has 0 bridgehead atoms. The van der Waals surface area contributed by atoms with Crippen LogP contribution in [-0.2, 0) is 9.53 Å². The van der Waals surface area contributed by atoms with Crippen molar-refractivity contribution in [2.45, 2.75) is 0 Å². The van der Waals surface area contributed by atoms with Crippen molar-refractivity contribution in [1.82, 2.24) is 0 Å². The van der Waals surface area contributed by atoms with Crippen LogP contribution in [0, 0.1) is 0 Å². The van der Waals surface area contributed by atoms with Gasteiger partial charge in [0.1, 0.15) is 5.76 Å². The van der Waals surface area contributed by atoms with Crippen LogP contribution in [-0.4, -0.2) is 5.97 Å². The van der Waals surface area contributed by atoms with E-state index in [0.29, 0.717) is 5.76 Å². The fourth-order valence-electron chi connectivity index (χ4n) is 1.71. The normalized spacial score (nSPS) is 17.4. The van der Waals surface area contributed by atoms with Gasteiger partial charge < -0.3 is 4.74 Å². The van der Waals surface area contributed by atoms with Crippen molar-refractivity contribution in [2.24, 2.45) is 0 Å². The van der Waals surface area contributed by atoms with Crippen LogP contribution >= 0.6 is 0 Å². The van der Waals surface area contributed by atoms with Crippen molar-refractivity contribution in [3.8, 4) is 0 Å². The molecule has 2 heteroatoms. The third kappa shape index (κ3) is 0.798. The van der Waals surface area contributed by atoms with Crippen LogP contribution < -0.4 is 0 Å². The Kier molecular flexibility index (Phi) is 1.08. The third-order valence-electron chi connectivity index (χ3n) is 2.28. The number of ether oxygens (including phenoxy) is 1. The van der Waals surface area contributed by atoms with Crippen LogP contribution in [0.15, 0.2) is 36.1 Å². The monoisotopic (exact) mass is 170 g/mol. The first-order chi connectivity index (χ1) is 6.34. The molecule has 1 aromatic rings. The van der Waals surface area contributed by atoms with Gasteiger partial charge >= 0.3 is 5.97 Å². The fraction of sp³-hybridized carbons (Fsp3) is 0. The summed E-state index contributed by atoms with van der Waals surface area (Å²) in [5.41, 5.74) is 3.13. The summed E-state index contributed by atoms with van der Waals surface area (Å²) in [6, 6.07) is 7.93. The van der Waals surface area contributed by atoms with Gasteiger partial charge in [-0.25, -0.2) is 4.79 Å². The number of carbonyl (C=O) groups excluding carboxylic acids is 1. The molecule has 1 heterocycles. The summed E-state index contributed by atoms with van der Waals surface area (Å²) >= 11 is 0. The van der Waals surface area contributed by atoms with Crippen molar-refractivity contribution in [3.05, 3.63) is 47.2 Å². The molecule has 1 aliphatic heterocycles. The molecule has 0 saturated carbocycles. The summed E-state index contributed by atoms with van der Waals surface area (Å²) in [4.78, 5) is 10.9. The minimum atomic E-state index is -0.268. The van der Waals surface area contributed by atoms with Gasteiger partial charge in [0.05, 0.1) is 0 Å². The first-order valence-electron chi connectivity index (χ1n) is 4.09. The summed E-state index contributed by atoms with van der Waals surface area (Å²) in [6.45, 7) is 0. The molecule has 0 saturated heterocycles. The maximum Gasteiger partial charge on any atom is 0.336 e. The molecular weight excluding hydrogens is 164 g/mol.